The molecule has 0 bridgehead atoms. The summed E-state index contributed by atoms with van der Waals surface area (Å²) in [5.74, 6) is 2.35. The zero-order chi connectivity index (χ0) is 12.1. The lowest BCUT2D eigenvalue weighted by Gasteiger charge is -2.23. The molecule has 2 unspecified atom stereocenters. The molecule has 0 aliphatic heterocycles. The van der Waals surface area contributed by atoms with Crippen molar-refractivity contribution in [1.29, 1.82) is 0 Å². The van der Waals surface area contributed by atoms with Crippen molar-refractivity contribution < 1.29 is 4.52 Å². The van der Waals surface area contributed by atoms with E-state index in [1.165, 1.54) is 0 Å². The first kappa shape index (κ1) is 13.2. The van der Waals surface area contributed by atoms with E-state index in [0.717, 1.165) is 24.6 Å². The summed E-state index contributed by atoms with van der Waals surface area (Å²) in [6.45, 7) is 8.63. The highest BCUT2D eigenvalue weighted by atomic mass is 16.5. The molecule has 0 aromatic carbocycles. The minimum absolute atomic E-state index is 0.281. The lowest BCUT2D eigenvalue weighted by atomic mass is 9.89. The summed E-state index contributed by atoms with van der Waals surface area (Å²) in [4.78, 5) is 4.47. The average molecular weight is 225 g/mol. The van der Waals surface area contributed by atoms with Crippen LogP contribution in [0.3, 0.4) is 0 Å². The van der Waals surface area contributed by atoms with E-state index in [1.54, 1.807) is 0 Å². The molecule has 1 aromatic rings. The van der Waals surface area contributed by atoms with Crippen LogP contribution in [0.1, 0.15) is 51.7 Å². The molecule has 1 heterocycles. The van der Waals surface area contributed by atoms with Gasteiger partial charge in [-0.2, -0.15) is 4.98 Å². The third kappa shape index (κ3) is 3.04. The molecular formula is C12H23N3O. The number of nitrogens with zero attached hydrogens (tertiary/aromatic N) is 2. The molecule has 0 spiro atoms. The van der Waals surface area contributed by atoms with E-state index >= 15 is 0 Å². The van der Waals surface area contributed by atoms with Gasteiger partial charge in [-0.25, -0.2) is 0 Å². The molecule has 92 valence electrons. The normalized spacial score (nSPS) is 15.4. The minimum Gasteiger partial charge on any atom is -0.339 e. The van der Waals surface area contributed by atoms with Crippen LogP contribution in [-0.2, 0) is 6.42 Å². The summed E-state index contributed by atoms with van der Waals surface area (Å²) in [6, 6.07) is 0.343. The van der Waals surface area contributed by atoms with Crippen LogP contribution in [0.4, 0.5) is 0 Å². The number of hydrogen-bond acceptors (Lipinski definition) is 4. The molecule has 1 rings (SSSR count). The second kappa shape index (κ2) is 5.99. The Labute approximate surface area is 97.8 Å². The summed E-state index contributed by atoms with van der Waals surface area (Å²) in [6.07, 6.45) is 1.94. The highest BCUT2D eigenvalue weighted by Crippen LogP contribution is 2.26. The number of rotatable bonds is 6. The van der Waals surface area contributed by atoms with Crippen molar-refractivity contribution >= 4 is 0 Å². The van der Waals surface area contributed by atoms with Crippen molar-refractivity contribution in [1.82, 2.24) is 15.5 Å². The molecule has 0 saturated carbocycles. The molecule has 0 saturated heterocycles. The number of aryl methyl sites for hydroxylation is 1. The van der Waals surface area contributed by atoms with Gasteiger partial charge in [-0.15, -0.1) is 0 Å². The fourth-order valence-electron chi connectivity index (χ4n) is 1.98. The molecule has 0 fully saturated rings. The Balaban J connectivity index is 2.84. The fraction of sp³-hybridized carbons (Fsp3) is 0.833. The maximum absolute atomic E-state index is 5.36. The van der Waals surface area contributed by atoms with Gasteiger partial charge in [0, 0.05) is 12.5 Å². The van der Waals surface area contributed by atoms with E-state index in [4.69, 9.17) is 4.52 Å². The van der Waals surface area contributed by atoms with Gasteiger partial charge in [-0.3, -0.25) is 0 Å². The van der Waals surface area contributed by atoms with E-state index in [1.807, 2.05) is 7.05 Å². The Hall–Kier alpha value is -0.900. The predicted molar refractivity (Wildman–Crippen MR) is 64.4 cm³/mol. The first-order valence-corrected chi connectivity index (χ1v) is 6.09. The molecule has 1 aromatic heterocycles. The average Bonchev–Trinajstić information content (AvgIpc) is 2.66. The van der Waals surface area contributed by atoms with Crippen molar-refractivity contribution in [3.05, 3.63) is 11.7 Å². The Morgan fingerprint density at radius 1 is 1.31 bits per heavy atom. The zero-order valence-electron chi connectivity index (χ0n) is 10.9. The smallest absolute Gasteiger partial charge is 0.231 e. The van der Waals surface area contributed by atoms with Crippen LogP contribution in [-0.4, -0.2) is 23.2 Å². The van der Waals surface area contributed by atoms with Crippen molar-refractivity contribution in [2.75, 3.05) is 7.05 Å². The van der Waals surface area contributed by atoms with Gasteiger partial charge in [0.15, 0.2) is 5.82 Å². The second-order valence-electron chi connectivity index (χ2n) is 4.65. The van der Waals surface area contributed by atoms with Gasteiger partial charge in [0.25, 0.3) is 0 Å². The van der Waals surface area contributed by atoms with Crippen molar-refractivity contribution in [2.45, 2.75) is 52.5 Å². The molecule has 0 aliphatic carbocycles. The van der Waals surface area contributed by atoms with Crippen LogP contribution >= 0.6 is 0 Å². The van der Waals surface area contributed by atoms with E-state index in [-0.39, 0.29) is 5.92 Å². The van der Waals surface area contributed by atoms with Crippen LogP contribution in [0.25, 0.3) is 0 Å². The summed E-state index contributed by atoms with van der Waals surface area (Å²) < 4.78 is 5.36. The van der Waals surface area contributed by atoms with Gasteiger partial charge in [0.1, 0.15) is 0 Å². The van der Waals surface area contributed by atoms with Crippen LogP contribution in [0.5, 0.6) is 0 Å². The molecule has 4 heteroatoms. The lowest BCUT2D eigenvalue weighted by molar-refractivity contribution is 0.284. The van der Waals surface area contributed by atoms with Crippen LogP contribution in [0.2, 0.25) is 0 Å². The number of hydrogen-bond donors (Lipinski definition) is 1. The van der Waals surface area contributed by atoms with Gasteiger partial charge in [-0.05, 0) is 26.3 Å². The van der Waals surface area contributed by atoms with E-state index in [9.17, 15) is 0 Å². The molecule has 0 aliphatic rings. The maximum atomic E-state index is 5.36. The molecule has 0 radical (unpaired) electrons. The topological polar surface area (TPSA) is 51.0 Å². The standard InChI is InChI=1S/C12H23N3O/c1-6-7-10-14-12(16-15-10)11(8(2)3)9(4)13-5/h8-9,11,13H,6-7H2,1-5H3. The summed E-state index contributed by atoms with van der Waals surface area (Å²) in [5.41, 5.74) is 0. The summed E-state index contributed by atoms with van der Waals surface area (Å²) in [7, 11) is 1.96. The van der Waals surface area contributed by atoms with E-state index in [0.29, 0.717) is 12.0 Å². The van der Waals surface area contributed by atoms with Crippen LogP contribution < -0.4 is 5.32 Å². The maximum Gasteiger partial charge on any atom is 0.231 e. The molecule has 0 amide bonds. The van der Waals surface area contributed by atoms with E-state index < -0.39 is 0 Å². The number of aromatic nitrogens is 2. The molecule has 16 heavy (non-hydrogen) atoms. The Bertz CT molecular complexity index is 309. The number of likely N-dealkylation sites (N-methyl/N-ethyl adjacent to an activating group) is 1. The second-order valence-corrected chi connectivity index (χ2v) is 4.65. The molecular weight excluding hydrogens is 202 g/mol. The van der Waals surface area contributed by atoms with Gasteiger partial charge < -0.3 is 9.84 Å². The highest BCUT2D eigenvalue weighted by Gasteiger charge is 2.27. The molecule has 1 N–H and O–H groups in total. The van der Waals surface area contributed by atoms with Gasteiger partial charge >= 0.3 is 0 Å². The van der Waals surface area contributed by atoms with Crippen LogP contribution in [0, 0.1) is 5.92 Å². The molecule has 4 nitrogen and oxygen atoms in total. The van der Waals surface area contributed by atoms with Gasteiger partial charge in [0.2, 0.25) is 5.89 Å². The first-order valence-electron chi connectivity index (χ1n) is 6.09. The predicted octanol–water partition coefficient (Wildman–Crippen LogP) is 2.37. The lowest BCUT2D eigenvalue weighted by Crippen LogP contribution is -2.32. The third-order valence-corrected chi connectivity index (χ3v) is 2.95. The Kier molecular flexibility index (Phi) is 4.93. The quantitative estimate of drug-likeness (QED) is 0.807. The third-order valence-electron chi connectivity index (χ3n) is 2.95. The van der Waals surface area contributed by atoms with Crippen molar-refractivity contribution in [2.24, 2.45) is 5.92 Å². The van der Waals surface area contributed by atoms with Crippen LogP contribution in [0.15, 0.2) is 4.52 Å². The molecule has 2 atom stereocenters. The summed E-state index contributed by atoms with van der Waals surface area (Å²) in [5, 5.41) is 7.27. The Morgan fingerprint density at radius 2 is 2.00 bits per heavy atom. The fourth-order valence-corrected chi connectivity index (χ4v) is 1.98. The van der Waals surface area contributed by atoms with Crippen molar-refractivity contribution in [3.63, 3.8) is 0 Å². The van der Waals surface area contributed by atoms with Gasteiger partial charge in [0.05, 0.1) is 5.92 Å². The number of nitrogens with one attached hydrogen (secondary N) is 1. The highest BCUT2D eigenvalue weighted by molar-refractivity contribution is 4.99. The largest absolute Gasteiger partial charge is 0.339 e. The summed E-state index contributed by atoms with van der Waals surface area (Å²) >= 11 is 0. The minimum atomic E-state index is 0.281. The first-order chi connectivity index (χ1) is 7.60. The SMILES string of the molecule is CCCc1noc(C(C(C)C)C(C)NC)n1. The van der Waals surface area contributed by atoms with Gasteiger partial charge in [-0.1, -0.05) is 25.9 Å². The van der Waals surface area contributed by atoms with Crippen molar-refractivity contribution in [3.8, 4) is 0 Å². The Morgan fingerprint density at radius 3 is 2.50 bits per heavy atom. The van der Waals surface area contributed by atoms with E-state index in [2.05, 4.69) is 43.2 Å². The monoisotopic (exact) mass is 225 g/mol. The zero-order valence-corrected chi connectivity index (χ0v) is 10.9.